The van der Waals surface area contributed by atoms with Crippen LogP contribution < -0.4 is 0 Å². The van der Waals surface area contributed by atoms with E-state index in [1.807, 2.05) is 29.1 Å². The lowest BCUT2D eigenvalue weighted by molar-refractivity contribution is 0.333. The van der Waals surface area contributed by atoms with Crippen molar-refractivity contribution >= 4 is 11.8 Å². The van der Waals surface area contributed by atoms with E-state index >= 15 is 0 Å². The molecule has 8 nitrogen and oxygen atoms in total. The largest absolute Gasteiger partial charge is 0.339 e. The lowest BCUT2D eigenvalue weighted by Crippen LogP contribution is -2.22. The summed E-state index contributed by atoms with van der Waals surface area (Å²) < 4.78 is 7.61. The smallest absolute Gasteiger partial charge is 0.230 e. The molecule has 1 aliphatic carbocycles. The second-order valence-electron chi connectivity index (χ2n) is 6.97. The first kappa shape index (κ1) is 18.1. The van der Waals surface area contributed by atoms with Crippen LogP contribution in [0.2, 0.25) is 0 Å². The number of rotatable bonds is 6. The predicted octanol–water partition coefficient (Wildman–Crippen LogP) is 2.28. The van der Waals surface area contributed by atoms with E-state index in [-0.39, 0.29) is 5.92 Å². The van der Waals surface area contributed by atoms with E-state index in [0.717, 1.165) is 48.8 Å². The van der Waals surface area contributed by atoms with Gasteiger partial charge < -0.3 is 9.42 Å². The molecule has 0 radical (unpaired) electrons. The summed E-state index contributed by atoms with van der Waals surface area (Å²) in [6.07, 6.45) is 4.66. The van der Waals surface area contributed by atoms with Crippen LogP contribution in [-0.4, -0.2) is 61.9 Å². The maximum atomic E-state index is 5.60. The Hall–Kier alpha value is -2.26. The molecular formula is C18H23N7OS. The highest BCUT2D eigenvalue weighted by Crippen LogP contribution is 2.32. The summed E-state index contributed by atoms with van der Waals surface area (Å²) in [5, 5.41) is 13.8. The third-order valence-electron chi connectivity index (χ3n) is 4.80. The molecule has 1 aliphatic rings. The second-order valence-corrected chi connectivity index (χ2v) is 7.80. The van der Waals surface area contributed by atoms with Gasteiger partial charge in [0.25, 0.3) is 0 Å². The highest BCUT2D eigenvalue weighted by molar-refractivity contribution is 7.98. The van der Waals surface area contributed by atoms with Crippen LogP contribution >= 0.6 is 11.8 Å². The fourth-order valence-corrected chi connectivity index (χ4v) is 3.68. The number of aromatic nitrogens is 6. The van der Waals surface area contributed by atoms with Crippen molar-refractivity contribution in [3.8, 4) is 11.5 Å². The van der Waals surface area contributed by atoms with E-state index in [4.69, 9.17) is 4.52 Å². The van der Waals surface area contributed by atoms with E-state index in [9.17, 15) is 0 Å². The first-order valence-corrected chi connectivity index (χ1v) is 10.3. The molecule has 0 saturated heterocycles. The van der Waals surface area contributed by atoms with Gasteiger partial charge in [0, 0.05) is 18.9 Å². The van der Waals surface area contributed by atoms with E-state index in [2.05, 4.69) is 44.4 Å². The summed E-state index contributed by atoms with van der Waals surface area (Å²) in [7, 11) is 4.12. The predicted molar refractivity (Wildman–Crippen MR) is 103 cm³/mol. The Morgan fingerprint density at radius 2 is 2.19 bits per heavy atom. The molecule has 3 aromatic rings. The van der Waals surface area contributed by atoms with Crippen LogP contribution in [0.3, 0.4) is 0 Å². The van der Waals surface area contributed by atoms with Gasteiger partial charge in [-0.3, -0.25) is 0 Å². The minimum absolute atomic E-state index is 0.194. The average molecular weight is 385 g/mol. The van der Waals surface area contributed by atoms with Gasteiger partial charge in [-0.1, -0.05) is 16.4 Å². The standard InChI is InChI=1S/C18H23N7OS/c1-24(2)9-10-25-15-11-12(7-8-13(15)21-23-25)18-20-17(22-26-18)14-5-4-6-16(19-14)27-3/h4-6,12H,7-11H2,1-3H3. The monoisotopic (exact) mass is 385 g/mol. The first-order chi connectivity index (χ1) is 13.1. The van der Waals surface area contributed by atoms with E-state index in [1.165, 1.54) is 5.69 Å². The average Bonchev–Trinajstić information content (AvgIpc) is 3.33. The molecule has 0 saturated carbocycles. The molecule has 0 aromatic carbocycles. The fourth-order valence-electron chi connectivity index (χ4n) is 3.28. The van der Waals surface area contributed by atoms with Crippen LogP contribution in [0.25, 0.3) is 11.5 Å². The summed E-state index contributed by atoms with van der Waals surface area (Å²) in [5.41, 5.74) is 3.03. The summed E-state index contributed by atoms with van der Waals surface area (Å²) in [6.45, 7) is 1.77. The van der Waals surface area contributed by atoms with Gasteiger partial charge in [0.15, 0.2) is 0 Å². The number of thioether (sulfide) groups is 1. The molecule has 142 valence electrons. The SMILES string of the molecule is CSc1cccc(-c2noc(C3CCc4nnn(CCN(C)C)c4C3)n2)n1. The van der Waals surface area contributed by atoms with Gasteiger partial charge in [0.2, 0.25) is 11.7 Å². The van der Waals surface area contributed by atoms with E-state index in [1.54, 1.807) is 11.8 Å². The van der Waals surface area contributed by atoms with Gasteiger partial charge >= 0.3 is 0 Å². The molecule has 3 heterocycles. The highest BCUT2D eigenvalue weighted by atomic mass is 32.2. The molecule has 0 N–H and O–H groups in total. The third kappa shape index (κ3) is 3.89. The second kappa shape index (κ2) is 7.77. The van der Waals surface area contributed by atoms with Crippen molar-refractivity contribution in [2.75, 3.05) is 26.9 Å². The number of pyridine rings is 1. The topological polar surface area (TPSA) is 85.8 Å². The number of fused-ring (bicyclic) bond motifs is 1. The summed E-state index contributed by atoms with van der Waals surface area (Å²) in [5.74, 6) is 1.41. The van der Waals surface area contributed by atoms with Gasteiger partial charge in [-0.2, -0.15) is 4.98 Å². The molecule has 0 fully saturated rings. The fraction of sp³-hybridized carbons (Fsp3) is 0.500. The molecule has 0 amide bonds. The van der Waals surface area contributed by atoms with Crippen molar-refractivity contribution in [3.05, 3.63) is 35.5 Å². The Bertz CT molecular complexity index is 920. The summed E-state index contributed by atoms with van der Waals surface area (Å²) >= 11 is 1.60. The van der Waals surface area contributed by atoms with Crippen LogP contribution in [-0.2, 0) is 19.4 Å². The molecule has 3 aromatic heterocycles. The number of nitrogens with zero attached hydrogens (tertiary/aromatic N) is 7. The van der Waals surface area contributed by atoms with Crippen molar-refractivity contribution in [2.24, 2.45) is 0 Å². The molecule has 9 heteroatoms. The number of likely N-dealkylation sites (N-methyl/N-ethyl adjacent to an activating group) is 1. The molecule has 0 bridgehead atoms. The minimum atomic E-state index is 0.194. The Morgan fingerprint density at radius 1 is 1.30 bits per heavy atom. The number of hydrogen-bond donors (Lipinski definition) is 0. The molecule has 1 atom stereocenters. The van der Waals surface area contributed by atoms with Crippen LogP contribution in [0.5, 0.6) is 0 Å². The molecule has 27 heavy (non-hydrogen) atoms. The van der Waals surface area contributed by atoms with E-state index < -0.39 is 0 Å². The Balaban J connectivity index is 1.52. The van der Waals surface area contributed by atoms with Gasteiger partial charge in [0.05, 0.1) is 23.0 Å². The number of hydrogen-bond acceptors (Lipinski definition) is 8. The number of aryl methyl sites for hydroxylation is 1. The minimum Gasteiger partial charge on any atom is -0.339 e. The Kier molecular flexibility index (Phi) is 5.22. The lowest BCUT2D eigenvalue weighted by Gasteiger charge is -2.19. The van der Waals surface area contributed by atoms with Gasteiger partial charge in [-0.25, -0.2) is 9.67 Å². The van der Waals surface area contributed by atoms with Gasteiger partial charge in [0.1, 0.15) is 5.69 Å². The zero-order chi connectivity index (χ0) is 18.8. The third-order valence-corrected chi connectivity index (χ3v) is 5.44. The summed E-state index contributed by atoms with van der Waals surface area (Å²) in [4.78, 5) is 11.3. The molecule has 4 rings (SSSR count). The Morgan fingerprint density at radius 3 is 3.00 bits per heavy atom. The molecule has 0 aliphatic heterocycles. The van der Waals surface area contributed by atoms with Crippen molar-refractivity contribution < 1.29 is 4.52 Å². The maximum Gasteiger partial charge on any atom is 0.230 e. The van der Waals surface area contributed by atoms with Crippen LogP contribution in [0, 0.1) is 0 Å². The summed E-state index contributed by atoms with van der Waals surface area (Å²) in [6, 6.07) is 5.85. The molecule has 1 unspecified atom stereocenters. The first-order valence-electron chi connectivity index (χ1n) is 9.05. The highest BCUT2D eigenvalue weighted by Gasteiger charge is 2.29. The quantitative estimate of drug-likeness (QED) is 0.598. The maximum absolute atomic E-state index is 5.60. The van der Waals surface area contributed by atoms with Crippen molar-refractivity contribution in [1.82, 2.24) is 35.0 Å². The molecular weight excluding hydrogens is 362 g/mol. The van der Waals surface area contributed by atoms with Crippen molar-refractivity contribution in [1.29, 1.82) is 0 Å². The van der Waals surface area contributed by atoms with Crippen LogP contribution in [0.1, 0.15) is 29.6 Å². The van der Waals surface area contributed by atoms with Crippen LogP contribution in [0.15, 0.2) is 27.7 Å². The Labute approximate surface area is 162 Å². The van der Waals surface area contributed by atoms with Gasteiger partial charge in [-0.05, 0) is 45.3 Å². The van der Waals surface area contributed by atoms with Crippen LogP contribution in [0.4, 0.5) is 0 Å². The van der Waals surface area contributed by atoms with Gasteiger partial charge in [-0.15, -0.1) is 16.9 Å². The van der Waals surface area contributed by atoms with Crippen molar-refractivity contribution in [3.63, 3.8) is 0 Å². The zero-order valence-electron chi connectivity index (χ0n) is 15.8. The van der Waals surface area contributed by atoms with E-state index in [0.29, 0.717) is 11.7 Å². The molecule has 0 spiro atoms. The van der Waals surface area contributed by atoms with Crippen molar-refractivity contribution in [2.45, 2.75) is 36.8 Å². The normalized spacial score (nSPS) is 16.7. The lowest BCUT2D eigenvalue weighted by atomic mass is 9.89. The zero-order valence-corrected chi connectivity index (χ0v) is 16.6.